The number of aromatic nitrogens is 2. The number of anilines is 2. The summed E-state index contributed by atoms with van der Waals surface area (Å²) in [5, 5.41) is 15.1. The van der Waals surface area contributed by atoms with Crippen LogP contribution in [0.2, 0.25) is 0 Å². The molecule has 10 heteroatoms. The standard InChI is InChI=1S/C25H25N5O4S/c1-17-9-11-21(18(2)15-17)28-35(33,34)20-10-12-22(23(16-20)30(31)32)27-24(19-7-5-4-6-8-19)25-26-13-14-29(25)3/h4-16,24,27-28H,1-3H3/t24-/m0/s1. The average molecular weight is 492 g/mol. The molecule has 1 atom stereocenters. The van der Waals surface area contributed by atoms with Gasteiger partial charge in [0.1, 0.15) is 17.6 Å². The topological polar surface area (TPSA) is 119 Å². The number of imidazole rings is 1. The zero-order valence-electron chi connectivity index (χ0n) is 19.5. The predicted octanol–water partition coefficient (Wildman–Crippen LogP) is 4.95. The zero-order chi connectivity index (χ0) is 25.2. The minimum Gasteiger partial charge on any atom is -0.366 e. The molecule has 0 aliphatic carbocycles. The van der Waals surface area contributed by atoms with Crippen LogP contribution in [-0.2, 0) is 17.1 Å². The van der Waals surface area contributed by atoms with E-state index < -0.39 is 21.0 Å². The molecular formula is C25H25N5O4S. The van der Waals surface area contributed by atoms with Gasteiger partial charge in [-0.25, -0.2) is 13.4 Å². The summed E-state index contributed by atoms with van der Waals surface area (Å²) in [6, 6.07) is 18.1. The molecular weight excluding hydrogens is 466 g/mol. The lowest BCUT2D eigenvalue weighted by Crippen LogP contribution is -2.18. The third kappa shape index (κ3) is 5.17. The molecule has 0 unspecified atom stereocenters. The summed E-state index contributed by atoms with van der Waals surface area (Å²) < 4.78 is 30.4. The minimum absolute atomic E-state index is 0.178. The van der Waals surface area contributed by atoms with E-state index in [9.17, 15) is 18.5 Å². The molecule has 35 heavy (non-hydrogen) atoms. The normalized spacial score (nSPS) is 12.2. The number of rotatable bonds is 8. The molecule has 1 aromatic heterocycles. The smallest absolute Gasteiger partial charge is 0.293 e. The molecule has 0 radical (unpaired) electrons. The predicted molar refractivity (Wildman–Crippen MR) is 135 cm³/mol. The molecule has 4 rings (SSSR count). The molecule has 0 saturated heterocycles. The van der Waals surface area contributed by atoms with Crippen LogP contribution in [0.1, 0.15) is 28.6 Å². The van der Waals surface area contributed by atoms with E-state index in [1.807, 2.05) is 54.9 Å². The van der Waals surface area contributed by atoms with E-state index in [0.29, 0.717) is 11.5 Å². The average Bonchev–Trinajstić information content (AvgIpc) is 3.25. The molecule has 0 bridgehead atoms. The van der Waals surface area contributed by atoms with Gasteiger partial charge in [0.2, 0.25) is 0 Å². The molecule has 3 aromatic carbocycles. The van der Waals surface area contributed by atoms with Crippen molar-refractivity contribution in [1.29, 1.82) is 0 Å². The Kier molecular flexibility index (Phi) is 6.57. The second-order valence-electron chi connectivity index (χ2n) is 8.24. The van der Waals surface area contributed by atoms with E-state index in [0.717, 1.165) is 22.8 Å². The summed E-state index contributed by atoms with van der Waals surface area (Å²) in [6.45, 7) is 3.70. The van der Waals surface area contributed by atoms with E-state index in [-0.39, 0.29) is 16.3 Å². The minimum atomic E-state index is -4.05. The fourth-order valence-corrected chi connectivity index (χ4v) is 4.99. The maximum absolute atomic E-state index is 13.0. The fraction of sp³-hybridized carbons (Fsp3) is 0.160. The van der Waals surface area contributed by atoms with Gasteiger partial charge in [-0.05, 0) is 43.2 Å². The van der Waals surface area contributed by atoms with Crippen molar-refractivity contribution in [3.8, 4) is 0 Å². The zero-order valence-corrected chi connectivity index (χ0v) is 20.3. The van der Waals surface area contributed by atoms with Crippen LogP contribution in [0.25, 0.3) is 0 Å². The maximum Gasteiger partial charge on any atom is 0.293 e. The van der Waals surface area contributed by atoms with Gasteiger partial charge in [-0.1, -0.05) is 48.0 Å². The van der Waals surface area contributed by atoms with Crippen LogP contribution in [0, 0.1) is 24.0 Å². The highest BCUT2D eigenvalue weighted by atomic mass is 32.2. The summed E-state index contributed by atoms with van der Waals surface area (Å²) in [6.07, 6.45) is 3.44. The molecule has 4 aromatic rings. The number of nitrogens with one attached hydrogen (secondary N) is 2. The van der Waals surface area contributed by atoms with Crippen molar-refractivity contribution in [2.45, 2.75) is 24.8 Å². The second-order valence-corrected chi connectivity index (χ2v) is 9.93. The van der Waals surface area contributed by atoms with Crippen molar-refractivity contribution in [3.05, 3.63) is 112 Å². The van der Waals surface area contributed by atoms with Gasteiger partial charge in [0, 0.05) is 25.5 Å². The molecule has 2 N–H and O–H groups in total. The third-order valence-corrected chi connectivity index (χ3v) is 7.01. The van der Waals surface area contributed by atoms with E-state index in [2.05, 4.69) is 15.0 Å². The lowest BCUT2D eigenvalue weighted by molar-refractivity contribution is -0.384. The highest BCUT2D eigenvalue weighted by Gasteiger charge is 2.26. The van der Waals surface area contributed by atoms with E-state index in [1.54, 1.807) is 31.5 Å². The highest BCUT2D eigenvalue weighted by Crippen LogP contribution is 2.33. The highest BCUT2D eigenvalue weighted by molar-refractivity contribution is 7.92. The number of nitrogens with zero attached hydrogens (tertiary/aromatic N) is 3. The van der Waals surface area contributed by atoms with Gasteiger partial charge in [0.05, 0.1) is 15.5 Å². The van der Waals surface area contributed by atoms with Crippen molar-refractivity contribution >= 4 is 27.1 Å². The van der Waals surface area contributed by atoms with Gasteiger partial charge in [-0.2, -0.15) is 0 Å². The molecule has 180 valence electrons. The second kappa shape index (κ2) is 9.59. The van der Waals surface area contributed by atoms with Gasteiger partial charge < -0.3 is 9.88 Å². The summed E-state index contributed by atoms with van der Waals surface area (Å²) in [5.74, 6) is 0.652. The monoisotopic (exact) mass is 491 g/mol. The summed E-state index contributed by atoms with van der Waals surface area (Å²) >= 11 is 0. The van der Waals surface area contributed by atoms with Crippen molar-refractivity contribution in [2.75, 3.05) is 10.0 Å². The Hall–Kier alpha value is -4.18. The first-order chi connectivity index (χ1) is 16.7. The number of sulfonamides is 1. The van der Waals surface area contributed by atoms with Crippen molar-refractivity contribution < 1.29 is 13.3 Å². The number of aryl methyl sites for hydroxylation is 3. The Labute approximate surface area is 203 Å². The Balaban J connectivity index is 1.71. The number of hydrogen-bond donors (Lipinski definition) is 2. The first-order valence-corrected chi connectivity index (χ1v) is 12.3. The van der Waals surface area contributed by atoms with Crippen LogP contribution < -0.4 is 10.0 Å². The summed E-state index contributed by atoms with van der Waals surface area (Å²) in [4.78, 5) is 15.6. The van der Waals surface area contributed by atoms with Crippen molar-refractivity contribution in [1.82, 2.24) is 9.55 Å². The van der Waals surface area contributed by atoms with Crippen molar-refractivity contribution in [3.63, 3.8) is 0 Å². The molecule has 9 nitrogen and oxygen atoms in total. The first kappa shape index (κ1) is 24.0. The number of hydrogen-bond acceptors (Lipinski definition) is 6. The van der Waals surface area contributed by atoms with Crippen LogP contribution in [0.3, 0.4) is 0 Å². The van der Waals surface area contributed by atoms with Gasteiger partial charge in [-0.3, -0.25) is 14.8 Å². The van der Waals surface area contributed by atoms with Gasteiger partial charge >= 0.3 is 0 Å². The molecule has 0 spiro atoms. The first-order valence-electron chi connectivity index (χ1n) is 10.8. The fourth-order valence-electron chi connectivity index (χ4n) is 3.84. The molecule has 1 heterocycles. The van der Waals surface area contributed by atoms with Crippen LogP contribution >= 0.6 is 0 Å². The number of nitro groups is 1. The van der Waals surface area contributed by atoms with Gasteiger partial charge in [0.25, 0.3) is 15.7 Å². The Morgan fingerprint density at radius 2 is 1.71 bits per heavy atom. The molecule has 0 amide bonds. The third-order valence-electron chi connectivity index (χ3n) is 5.65. The van der Waals surface area contributed by atoms with Crippen LogP contribution in [0.15, 0.2) is 84.0 Å². The number of nitro benzene ring substituents is 1. The molecule has 0 aliphatic rings. The van der Waals surface area contributed by atoms with Crippen LogP contribution in [0.4, 0.5) is 17.1 Å². The largest absolute Gasteiger partial charge is 0.366 e. The van der Waals surface area contributed by atoms with Gasteiger partial charge in [0.15, 0.2) is 0 Å². The Bertz CT molecular complexity index is 1480. The summed E-state index contributed by atoms with van der Waals surface area (Å²) in [7, 11) is -2.21. The SMILES string of the molecule is Cc1ccc(NS(=O)(=O)c2ccc(N[C@@H](c3ccccc3)c3nccn3C)c([N+](=O)[O-])c2)c(C)c1. The van der Waals surface area contributed by atoms with Crippen LogP contribution in [0.5, 0.6) is 0 Å². The van der Waals surface area contributed by atoms with E-state index in [1.165, 1.54) is 12.1 Å². The van der Waals surface area contributed by atoms with Gasteiger partial charge in [-0.15, -0.1) is 0 Å². The quantitative estimate of drug-likeness (QED) is 0.266. The number of benzene rings is 3. The lowest BCUT2D eigenvalue weighted by atomic mass is 10.1. The molecule has 0 saturated carbocycles. The lowest BCUT2D eigenvalue weighted by Gasteiger charge is -2.20. The van der Waals surface area contributed by atoms with Crippen LogP contribution in [-0.4, -0.2) is 22.9 Å². The summed E-state index contributed by atoms with van der Waals surface area (Å²) in [5.41, 5.74) is 2.84. The molecule has 0 aliphatic heterocycles. The Morgan fingerprint density at radius 3 is 2.34 bits per heavy atom. The van der Waals surface area contributed by atoms with E-state index in [4.69, 9.17) is 0 Å². The molecule has 0 fully saturated rings. The maximum atomic E-state index is 13.0. The van der Waals surface area contributed by atoms with Crippen molar-refractivity contribution in [2.24, 2.45) is 7.05 Å². The van der Waals surface area contributed by atoms with E-state index >= 15 is 0 Å². The Morgan fingerprint density at radius 1 is 1.00 bits per heavy atom.